The van der Waals surface area contributed by atoms with E-state index >= 15 is 0 Å². The first-order valence-electron chi connectivity index (χ1n) is 6.99. The molecule has 5 heteroatoms. The van der Waals surface area contributed by atoms with E-state index in [-0.39, 0.29) is 11.9 Å². The summed E-state index contributed by atoms with van der Waals surface area (Å²) in [6.07, 6.45) is 4.09. The highest BCUT2D eigenvalue weighted by molar-refractivity contribution is 6.30. The van der Waals surface area contributed by atoms with Crippen LogP contribution in [0.15, 0.2) is 36.7 Å². The lowest BCUT2D eigenvalue weighted by Gasteiger charge is -2.20. The fourth-order valence-corrected chi connectivity index (χ4v) is 2.32. The summed E-state index contributed by atoms with van der Waals surface area (Å²) in [7, 11) is 1.92. The molecule has 0 aliphatic heterocycles. The molecule has 1 unspecified atom stereocenters. The van der Waals surface area contributed by atoms with E-state index in [0.29, 0.717) is 17.4 Å². The van der Waals surface area contributed by atoms with Crippen LogP contribution in [0.3, 0.4) is 0 Å². The molecule has 1 heterocycles. The highest BCUT2D eigenvalue weighted by Crippen LogP contribution is 2.22. The zero-order chi connectivity index (χ0) is 15.4. The van der Waals surface area contributed by atoms with E-state index in [1.807, 2.05) is 55.9 Å². The lowest BCUT2D eigenvalue weighted by atomic mass is 10.0. The van der Waals surface area contributed by atoms with Crippen molar-refractivity contribution in [2.24, 2.45) is 13.0 Å². The average Bonchev–Trinajstić information content (AvgIpc) is 2.82. The number of hydrogen-bond acceptors (Lipinski definition) is 2. The van der Waals surface area contributed by atoms with E-state index in [1.165, 1.54) is 0 Å². The van der Waals surface area contributed by atoms with Gasteiger partial charge in [-0.3, -0.25) is 4.79 Å². The van der Waals surface area contributed by atoms with Gasteiger partial charge in [0.15, 0.2) is 0 Å². The summed E-state index contributed by atoms with van der Waals surface area (Å²) < 4.78 is 1.91. The van der Waals surface area contributed by atoms with Crippen molar-refractivity contribution in [3.8, 4) is 0 Å². The van der Waals surface area contributed by atoms with Gasteiger partial charge in [0, 0.05) is 30.9 Å². The van der Waals surface area contributed by atoms with Crippen LogP contribution in [0.25, 0.3) is 0 Å². The van der Waals surface area contributed by atoms with E-state index < -0.39 is 0 Å². The van der Waals surface area contributed by atoms with Gasteiger partial charge >= 0.3 is 0 Å². The van der Waals surface area contributed by atoms with Crippen LogP contribution < -0.4 is 5.32 Å². The van der Waals surface area contributed by atoms with Crippen LogP contribution >= 0.6 is 11.6 Å². The molecule has 1 atom stereocenters. The number of aryl methyl sites for hydroxylation is 1. The first-order chi connectivity index (χ1) is 9.97. The Kier molecular flexibility index (Phi) is 5.02. The number of nitrogens with zero attached hydrogens (tertiary/aromatic N) is 2. The molecule has 0 saturated carbocycles. The predicted octanol–water partition coefficient (Wildman–Crippen LogP) is 3.33. The number of aromatic nitrogens is 2. The summed E-state index contributed by atoms with van der Waals surface area (Å²) in [6, 6.07) is 7.20. The van der Waals surface area contributed by atoms with Crippen molar-refractivity contribution in [3.05, 3.63) is 53.1 Å². The molecule has 0 saturated heterocycles. The molecule has 1 amide bonds. The van der Waals surface area contributed by atoms with Gasteiger partial charge in [0.1, 0.15) is 11.9 Å². The Bertz CT molecular complexity index is 604. The zero-order valence-corrected chi connectivity index (χ0v) is 13.3. The van der Waals surface area contributed by atoms with Gasteiger partial charge in [-0.15, -0.1) is 0 Å². The Hall–Kier alpha value is -1.81. The third-order valence-corrected chi connectivity index (χ3v) is 3.47. The van der Waals surface area contributed by atoms with E-state index in [0.717, 1.165) is 11.4 Å². The minimum Gasteiger partial charge on any atom is -0.342 e. The van der Waals surface area contributed by atoms with Crippen LogP contribution in [0, 0.1) is 5.92 Å². The maximum absolute atomic E-state index is 12.1. The quantitative estimate of drug-likeness (QED) is 0.921. The Labute approximate surface area is 130 Å². The Morgan fingerprint density at radius 3 is 2.52 bits per heavy atom. The summed E-state index contributed by atoms with van der Waals surface area (Å²) in [6.45, 7) is 4.05. The second kappa shape index (κ2) is 6.76. The third kappa shape index (κ3) is 4.08. The highest BCUT2D eigenvalue weighted by Gasteiger charge is 2.20. The molecular weight excluding hydrogens is 286 g/mol. The summed E-state index contributed by atoms with van der Waals surface area (Å²) in [5.74, 6) is 1.14. The van der Waals surface area contributed by atoms with Gasteiger partial charge in [-0.25, -0.2) is 4.98 Å². The Morgan fingerprint density at radius 2 is 2.00 bits per heavy atom. The van der Waals surface area contributed by atoms with Gasteiger partial charge in [-0.2, -0.15) is 0 Å². The zero-order valence-electron chi connectivity index (χ0n) is 12.5. The van der Waals surface area contributed by atoms with E-state index in [1.54, 1.807) is 6.20 Å². The largest absolute Gasteiger partial charge is 0.342 e. The molecule has 0 bridgehead atoms. The van der Waals surface area contributed by atoms with Crippen LogP contribution in [-0.2, 0) is 11.8 Å². The summed E-state index contributed by atoms with van der Waals surface area (Å²) in [5, 5.41) is 3.73. The van der Waals surface area contributed by atoms with Crippen LogP contribution in [-0.4, -0.2) is 15.5 Å². The third-order valence-electron chi connectivity index (χ3n) is 3.22. The molecule has 1 N–H and O–H groups in total. The van der Waals surface area contributed by atoms with E-state index in [4.69, 9.17) is 11.6 Å². The van der Waals surface area contributed by atoms with Gasteiger partial charge in [0.2, 0.25) is 5.91 Å². The van der Waals surface area contributed by atoms with Crippen molar-refractivity contribution in [2.75, 3.05) is 0 Å². The Balaban J connectivity index is 2.29. The van der Waals surface area contributed by atoms with Crippen LogP contribution in [0.5, 0.6) is 0 Å². The molecule has 0 radical (unpaired) electrons. The van der Waals surface area contributed by atoms with Crippen molar-refractivity contribution in [2.45, 2.75) is 26.3 Å². The number of rotatable bonds is 5. The predicted molar refractivity (Wildman–Crippen MR) is 84.1 cm³/mol. The minimum atomic E-state index is -0.270. The second-order valence-electron chi connectivity index (χ2n) is 5.55. The molecule has 0 aliphatic rings. The SMILES string of the molecule is CC(C)CC(=O)NC(c1ccc(Cl)cc1)c1nccn1C. The second-order valence-corrected chi connectivity index (χ2v) is 5.98. The molecule has 2 aromatic rings. The summed E-state index contributed by atoms with van der Waals surface area (Å²) >= 11 is 5.94. The first-order valence-corrected chi connectivity index (χ1v) is 7.37. The molecule has 1 aromatic carbocycles. The highest BCUT2D eigenvalue weighted by atomic mass is 35.5. The number of hydrogen-bond donors (Lipinski definition) is 1. The average molecular weight is 306 g/mol. The smallest absolute Gasteiger partial charge is 0.221 e. The van der Waals surface area contributed by atoms with Crippen LogP contribution in [0.4, 0.5) is 0 Å². The molecular formula is C16H20ClN3O. The van der Waals surface area contributed by atoms with Gasteiger partial charge < -0.3 is 9.88 Å². The van der Waals surface area contributed by atoms with Crippen LogP contribution in [0.2, 0.25) is 5.02 Å². The topological polar surface area (TPSA) is 46.9 Å². The first kappa shape index (κ1) is 15.6. The van der Waals surface area contributed by atoms with E-state index in [2.05, 4.69) is 10.3 Å². The van der Waals surface area contributed by atoms with Crippen LogP contribution in [0.1, 0.15) is 37.7 Å². The number of halogens is 1. The number of imidazole rings is 1. The van der Waals surface area contributed by atoms with Gasteiger partial charge in [-0.05, 0) is 23.6 Å². The fourth-order valence-electron chi connectivity index (χ4n) is 2.20. The minimum absolute atomic E-state index is 0.0212. The molecule has 0 aliphatic carbocycles. The normalized spacial score (nSPS) is 12.4. The molecule has 112 valence electrons. The van der Waals surface area contributed by atoms with Gasteiger partial charge in [0.05, 0.1) is 0 Å². The molecule has 0 spiro atoms. The fraction of sp³-hybridized carbons (Fsp3) is 0.375. The summed E-state index contributed by atoms with van der Waals surface area (Å²) in [5.41, 5.74) is 0.964. The molecule has 0 fully saturated rings. The van der Waals surface area contributed by atoms with Gasteiger partial charge in [0.25, 0.3) is 0 Å². The van der Waals surface area contributed by atoms with E-state index in [9.17, 15) is 4.79 Å². The maximum Gasteiger partial charge on any atom is 0.221 e. The lowest BCUT2D eigenvalue weighted by Crippen LogP contribution is -2.31. The standard InChI is InChI=1S/C16H20ClN3O/c1-11(2)10-14(21)19-15(16-18-8-9-20(16)3)12-4-6-13(17)7-5-12/h4-9,11,15H,10H2,1-3H3,(H,19,21). The number of carbonyl (C=O) groups is 1. The number of nitrogens with one attached hydrogen (secondary N) is 1. The van der Waals surface area contributed by atoms with Crippen molar-refractivity contribution < 1.29 is 4.79 Å². The van der Waals surface area contributed by atoms with Crippen molar-refractivity contribution in [3.63, 3.8) is 0 Å². The van der Waals surface area contributed by atoms with Crippen molar-refractivity contribution >= 4 is 17.5 Å². The van der Waals surface area contributed by atoms with Crippen molar-refractivity contribution in [1.82, 2.24) is 14.9 Å². The lowest BCUT2D eigenvalue weighted by molar-refractivity contribution is -0.122. The monoisotopic (exact) mass is 305 g/mol. The summed E-state index contributed by atoms with van der Waals surface area (Å²) in [4.78, 5) is 16.5. The maximum atomic E-state index is 12.1. The Morgan fingerprint density at radius 1 is 1.33 bits per heavy atom. The molecule has 2 rings (SSSR count). The van der Waals surface area contributed by atoms with Gasteiger partial charge in [-0.1, -0.05) is 37.6 Å². The van der Waals surface area contributed by atoms with Crippen molar-refractivity contribution in [1.29, 1.82) is 0 Å². The molecule has 4 nitrogen and oxygen atoms in total. The molecule has 21 heavy (non-hydrogen) atoms. The molecule has 1 aromatic heterocycles. The number of carbonyl (C=O) groups excluding carboxylic acids is 1. The number of benzene rings is 1. The number of amides is 1.